The van der Waals surface area contributed by atoms with Crippen LogP contribution in [-0.2, 0) is 4.74 Å². The Kier molecular flexibility index (Phi) is 4.44. The lowest BCUT2D eigenvalue weighted by Crippen LogP contribution is -2.13. The molecule has 1 atom stereocenters. The summed E-state index contributed by atoms with van der Waals surface area (Å²) in [5.41, 5.74) is 1.51. The summed E-state index contributed by atoms with van der Waals surface area (Å²) in [5.74, 6) is 0. The molecular weight excluding hydrogens is 230 g/mol. The van der Waals surface area contributed by atoms with Gasteiger partial charge in [0.1, 0.15) is 6.10 Å². The summed E-state index contributed by atoms with van der Waals surface area (Å²) >= 11 is 0. The number of para-hydroxylation sites is 1. The van der Waals surface area contributed by atoms with Gasteiger partial charge in [0.2, 0.25) is 0 Å². The number of hydrogen-bond donors (Lipinski definition) is 1. The zero-order valence-corrected chi connectivity index (χ0v) is 10.4. The normalized spacial score (nSPS) is 12.6. The number of aliphatic hydroxyl groups excluding tert-OH is 1. The zero-order valence-electron chi connectivity index (χ0n) is 10.4. The standard InChI is InChI=1S/C13H17N3O2/c1-2-8-18-10-13(17)12-9-14-15-16(12)11-6-4-3-5-7-11/h3-7,9,13,17H,2,8,10H2,1H3. The van der Waals surface area contributed by atoms with Gasteiger partial charge in [-0.05, 0) is 18.6 Å². The minimum absolute atomic E-state index is 0.258. The summed E-state index contributed by atoms with van der Waals surface area (Å²) in [6.45, 7) is 2.93. The summed E-state index contributed by atoms with van der Waals surface area (Å²) < 4.78 is 6.97. The van der Waals surface area contributed by atoms with Crippen molar-refractivity contribution in [3.8, 4) is 5.69 Å². The highest BCUT2D eigenvalue weighted by Gasteiger charge is 2.15. The number of aliphatic hydroxyl groups is 1. The van der Waals surface area contributed by atoms with Crippen molar-refractivity contribution in [1.82, 2.24) is 15.0 Å². The number of aromatic nitrogens is 3. The van der Waals surface area contributed by atoms with Crippen LogP contribution in [0.2, 0.25) is 0 Å². The molecule has 0 spiro atoms. The molecular formula is C13H17N3O2. The third-order valence-corrected chi connectivity index (χ3v) is 2.54. The van der Waals surface area contributed by atoms with Crippen molar-refractivity contribution in [3.05, 3.63) is 42.2 Å². The summed E-state index contributed by atoms with van der Waals surface area (Å²) in [6.07, 6.45) is 1.78. The number of ether oxygens (including phenoxy) is 1. The van der Waals surface area contributed by atoms with E-state index in [1.807, 2.05) is 37.3 Å². The monoisotopic (exact) mass is 247 g/mol. The van der Waals surface area contributed by atoms with E-state index in [4.69, 9.17) is 4.74 Å². The minimum Gasteiger partial charge on any atom is -0.384 e. The molecule has 1 aromatic heterocycles. The van der Waals surface area contributed by atoms with Crippen LogP contribution in [0.3, 0.4) is 0 Å². The molecule has 1 N–H and O–H groups in total. The Morgan fingerprint density at radius 3 is 2.83 bits per heavy atom. The van der Waals surface area contributed by atoms with Crippen LogP contribution in [0, 0.1) is 0 Å². The second kappa shape index (κ2) is 6.28. The highest BCUT2D eigenvalue weighted by atomic mass is 16.5. The van der Waals surface area contributed by atoms with Crippen LogP contribution in [0.5, 0.6) is 0 Å². The molecule has 0 bridgehead atoms. The third kappa shape index (κ3) is 2.94. The Labute approximate surface area is 106 Å². The molecule has 18 heavy (non-hydrogen) atoms. The number of rotatable bonds is 6. The Morgan fingerprint density at radius 2 is 2.11 bits per heavy atom. The molecule has 1 unspecified atom stereocenters. The van der Waals surface area contributed by atoms with Crippen molar-refractivity contribution in [2.24, 2.45) is 0 Å². The first kappa shape index (κ1) is 12.7. The Balaban J connectivity index is 2.12. The van der Waals surface area contributed by atoms with Crippen LogP contribution >= 0.6 is 0 Å². The third-order valence-electron chi connectivity index (χ3n) is 2.54. The lowest BCUT2D eigenvalue weighted by molar-refractivity contribution is 0.0330. The van der Waals surface area contributed by atoms with E-state index in [9.17, 15) is 5.11 Å². The van der Waals surface area contributed by atoms with Gasteiger partial charge in [0.25, 0.3) is 0 Å². The summed E-state index contributed by atoms with van der Waals surface area (Å²) in [4.78, 5) is 0. The molecule has 0 fully saturated rings. The molecule has 0 aliphatic heterocycles. The van der Waals surface area contributed by atoms with Gasteiger partial charge < -0.3 is 9.84 Å². The quantitative estimate of drug-likeness (QED) is 0.790. The number of hydrogen-bond acceptors (Lipinski definition) is 4. The van der Waals surface area contributed by atoms with Gasteiger partial charge in [-0.25, -0.2) is 4.68 Å². The van der Waals surface area contributed by atoms with Crippen LogP contribution in [0.4, 0.5) is 0 Å². The van der Waals surface area contributed by atoms with E-state index in [1.54, 1.807) is 10.9 Å². The van der Waals surface area contributed by atoms with E-state index >= 15 is 0 Å². The molecule has 1 heterocycles. The molecule has 0 aliphatic carbocycles. The predicted molar refractivity (Wildman–Crippen MR) is 67.4 cm³/mol. The summed E-state index contributed by atoms with van der Waals surface area (Å²) in [7, 11) is 0. The fourth-order valence-corrected chi connectivity index (χ4v) is 1.66. The van der Waals surface area contributed by atoms with Crippen molar-refractivity contribution < 1.29 is 9.84 Å². The Hall–Kier alpha value is -1.72. The highest BCUT2D eigenvalue weighted by Crippen LogP contribution is 2.16. The average molecular weight is 247 g/mol. The molecule has 0 radical (unpaired) electrons. The first-order valence-corrected chi connectivity index (χ1v) is 6.04. The van der Waals surface area contributed by atoms with Crippen LogP contribution in [-0.4, -0.2) is 33.3 Å². The van der Waals surface area contributed by atoms with Gasteiger partial charge in [-0.3, -0.25) is 0 Å². The van der Waals surface area contributed by atoms with Crippen molar-refractivity contribution in [2.45, 2.75) is 19.4 Å². The van der Waals surface area contributed by atoms with E-state index in [0.29, 0.717) is 12.3 Å². The first-order chi connectivity index (χ1) is 8.83. The molecule has 96 valence electrons. The van der Waals surface area contributed by atoms with Crippen molar-refractivity contribution in [1.29, 1.82) is 0 Å². The van der Waals surface area contributed by atoms with Crippen molar-refractivity contribution in [2.75, 3.05) is 13.2 Å². The maximum Gasteiger partial charge on any atom is 0.121 e. The van der Waals surface area contributed by atoms with Gasteiger partial charge >= 0.3 is 0 Å². The van der Waals surface area contributed by atoms with Crippen LogP contribution < -0.4 is 0 Å². The number of benzene rings is 1. The molecule has 2 rings (SSSR count). The smallest absolute Gasteiger partial charge is 0.121 e. The van der Waals surface area contributed by atoms with E-state index in [-0.39, 0.29) is 6.61 Å². The van der Waals surface area contributed by atoms with Gasteiger partial charge in [0.15, 0.2) is 0 Å². The molecule has 0 aliphatic rings. The van der Waals surface area contributed by atoms with Gasteiger partial charge in [-0.1, -0.05) is 30.3 Å². The second-order valence-electron chi connectivity index (χ2n) is 4.00. The van der Waals surface area contributed by atoms with Crippen LogP contribution in [0.15, 0.2) is 36.5 Å². The molecule has 1 aromatic carbocycles. The molecule has 5 heteroatoms. The predicted octanol–water partition coefficient (Wildman–Crippen LogP) is 1.73. The van der Waals surface area contributed by atoms with E-state index < -0.39 is 6.10 Å². The molecule has 0 saturated heterocycles. The molecule has 0 amide bonds. The van der Waals surface area contributed by atoms with Crippen LogP contribution in [0.25, 0.3) is 5.69 Å². The fraction of sp³-hybridized carbons (Fsp3) is 0.385. The van der Waals surface area contributed by atoms with Gasteiger partial charge in [-0.2, -0.15) is 0 Å². The second-order valence-corrected chi connectivity index (χ2v) is 4.00. The average Bonchev–Trinajstić information content (AvgIpc) is 2.89. The SMILES string of the molecule is CCCOCC(O)c1cnnn1-c1ccccc1. The molecule has 0 saturated carbocycles. The van der Waals surface area contributed by atoms with Gasteiger partial charge in [0, 0.05) is 6.61 Å². The van der Waals surface area contributed by atoms with Gasteiger partial charge in [-0.15, -0.1) is 5.10 Å². The number of nitrogens with zero attached hydrogens (tertiary/aromatic N) is 3. The Bertz CT molecular complexity index is 470. The molecule has 5 nitrogen and oxygen atoms in total. The minimum atomic E-state index is -0.716. The van der Waals surface area contributed by atoms with E-state index in [1.165, 1.54) is 0 Å². The topological polar surface area (TPSA) is 60.2 Å². The van der Waals surface area contributed by atoms with E-state index in [2.05, 4.69) is 10.3 Å². The largest absolute Gasteiger partial charge is 0.384 e. The van der Waals surface area contributed by atoms with Crippen LogP contribution in [0.1, 0.15) is 25.1 Å². The van der Waals surface area contributed by atoms with Crippen molar-refractivity contribution in [3.63, 3.8) is 0 Å². The summed E-state index contributed by atoms with van der Waals surface area (Å²) in [5, 5.41) is 17.9. The first-order valence-electron chi connectivity index (χ1n) is 6.04. The summed E-state index contributed by atoms with van der Waals surface area (Å²) in [6, 6.07) is 9.60. The van der Waals surface area contributed by atoms with Crippen molar-refractivity contribution >= 4 is 0 Å². The lowest BCUT2D eigenvalue weighted by Gasteiger charge is -2.12. The maximum absolute atomic E-state index is 10.1. The fourth-order valence-electron chi connectivity index (χ4n) is 1.66. The Morgan fingerprint density at radius 1 is 1.33 bits per heavy atom. The van der Waals surface area contributed by atoms with E-state index in [0.717, 1.165) is 12.1 Å². The van der Waals surface area contributed by atoms with Gasteiger partial charge in [0.05, 0.1) is 24.2 Å². The maximum atomic E-state index is 10.1. The zero-order chi connectivity index (χ0) is 12.8. The highest BCUT2D eigenvalue weighted by molar-refractivity contribution is 5.31. The molecule has 2 aromatic rings. The lowest BCUT2D eigenvalue weighted by atomic mass is 10.2.